The molecule has 128 valence electrons. The number of fused-ring (bicyclic) bond motifs is 3. The summed E-state index contributed by atoms with van der Waals surface area (Å²) in [5, 5.41) is 0.854. The second-order valence-electron chi connectivity index (χ2n) is 5.58. The Bertz CT molecular complexity index is 1160. The molecule has 0 saturated carbocycles. The van der Waals surface area contributed by atoms with Crippen molar-refractivity contribution < 1.29 is 13.2 Å². The van der Waals surface area contributed by atoms with E-state index < -0.39 is 17.4 Å². The van der Waals surface area contributed by atoms with Crippen LogP contribution >= 0.6 is 11.6 Å². The lowest BCUT2D eigenvalue weighted by Crippen LogP contribution is -2.18. The minimum Gasteiger partial charge on any atom is -0.346 e. The molecule has 0 aliphatic heterocycles. The van der Waals surface area contributed by atoms with Gasteiger partial charge in [-0.2, -0.15) is 13.2 Å². The molecular formula is C16H10ClF3N4O. The van der Waals surface area contributed by atoms with E-state index in [1.54, 1.807) is 12.3 Å². The predicted octanol–water partition coefficient (Wildman–Crippen LogP) is 3.93. The number of nitrogens with zero attached hydrogens (tertiary/aromatic N) is 2. The van der Waals surface area contributed by atoms with Crippen LogP contribution in [-0.2, 0) is 12.7 Å². The molecule has 4 aromatic rings. The number of halogens is 4. The number of imidazole rings is 1. The van der Waals surface area contributed by atoms with Gasteiger partial charge in [0.1, 0.15) is 5.65 Å². The van der Waals surface area contributed by atoms with Crippen molar-refractivity contribution in [1.82, 2.24) is 19.5 Å². The summed E-state index contributed by atoms with van der Waals surface area (Å²) in [7, 11) is 0. The third kappa shape index (κ3) is 2.58. The van der Waals surface area contributed by atoms with Gasteiger partial charge in [-0.3, -0.25) is 4.57 Å². The quantitative estimate of drug-likeness (QED) is 0.564. The number of rotatable bonds is 2. The number of alkyl halides is 3. The van der Waals surface area contributed by atoms with Crippen molar-refractivity contribution in [2.75, 3.05) is 0 Å². The second-order valence-corrected chi connectivity index (χ2v) is 5.99. The third-order valence-corrected chi connectivity index (χ3v) is 4.39. The van der Waals surface area contributed by atoms with Crippen LogP contribution in [0.25, 0.3) is 22.1 Å². The summed E-state index contributed by atoms with van der Waals surface area (Å²) in [6.07, 6.45) is -1.31. The van der Waals surface area contributed by atoms with Crippen LogP contribution in [0.1, 0.15) is 11.1 Å². The molecule has 0 atom stereocenters. The second kappa shape index (κ2) is 5.38. The SMILES string of the molecule is O=c1[nH]c2cnc3[nH]ccc3c2n1Cc1cc(C(F)(F)F)ccc1Cl. The summed E-state index contributed by atoms with van der Waals surface area (Å²) in [6, 6.07) is 4.82. The molecule has 0 spiro atoms. The van der Waals surface area contributed by atoms with Crippen LogP contribution in [0, 0.1) is 0 Å². The van der Waals surface area contributed by atoms with Gasteiger partial charge in [0.05, 0.1) is 29.3 Å². The minimum atomic E-state index is -4.48. The summed E-state index contributed by atoms with van der Waals surface area (Å²) in [6.45, 7) is -0.0914. The van der Waals surface area contributed by atoms with E-state index in [2.05, 4.69) is 15.0 Å². The van der Waals surface area contributed by atoms with Crippen molar-refractivity contribution in [1.29, 1.82) is 0 Å². The standard InChI is InChI=1S/C16H10ClF3N4O/c17-11-2-1-9(16(18,19)20)5-8(11)7-24-13-10-3-4-21-14(10)22-6-12(13)23-15(24)25/h1-6H,7H2,(H,21,22)(H,23,25). The van der Waals surface area contributed by atoms with Crippen LogP contribution in [0.4, 0.5) is 13.2 Å². The largest absolute Gasteiger partial charge is 0.416 e. The zero-order valence-electron chi connectivity index (χ0n) is 12.5. The average molecular weight is 367 g/mol. The summed E-state index contributed by atoms with van der Waals surface area (Å²) >= 11 is 6.05. The van der Waals surface area contributed by atoms with E-state index in [9.17, 15) is 18.0 Å². The highest BCUT2D eigenvalue weighted by Crippen LogP contribution is 2.32. The van der Waals surface area contributed by atoms with Crippen LogP contribution in [0.2, 0.25) is 5.02 Å². The van der Waals surface area contributed by atoms with Gasteiger partial charge in [0, 0.05) is 16.6 Å². The zero-order chi connectivity index (χ0) is 17.8. The molecule has 0 radical (unpaired) electrons. The Labute approximate surface area is 143 Å². The Morgan fingerprint density at radius 3 is 2.80 bits per heavy atom. The first-order valence-corrected chi connectivity index (χ1v) is 7.62. The predicted molar refractivity (Wildman–Crippen MR) is 87.8 cm³/mol. The molecule has 0 unspecified atom stereocenters. The Morgan fingerprint density at radius 1 is 1.24 bits per heavy atom. The molecule has 1 aromatic carbocycles. The maximum atomic E-state index is 12.9. The molecule has 4 rings (SSSR count). The number of H-pyrrole nitrogens is 2. The molecule has 2 N–H and O–H groups in total. The number of hydrogen-bond donors (Lipinski definition) is 2. The van der Waals surface area contributed by atoms with E-state index in [0.717, 1.165) is 12.1 Å². The first-order chi connectivity index (χ1) is 11.8. The van der Waals surface area contributed by atoms with Crippen LogP contribution in [-0.4, -0.2) is 19.5 Å². The fourth-order valence-electron chi connectivity index (χ4n) is 2.85. The first kappa shape index (κ1) is 15.8. The van der Waals surface area contributed by atoms with Crippen LogP contribution < -0.4 is 5.69 Å². The maximum absolute atomic E-state index is 12.9. The molecule has 5 nitrogen and oxygen atoms in total. The van der Waals surface area contributed by atoms with E-state index in [0.29, 0.717) is 22.1 Å². The van der Waals surface area contributed by atoms with Gasteiger partial charge >= 0.3 is 11.9 Å². The smallest absolute Gasteiger partial charge is 0.346 e. The monoisotopic (exact) mass is 366 g/mol. The van der Waals surface area contributed by atoms with Gasteiger partial charge in [-0.1, -0.05) is 11.6 Å². The first-order valence-electron chi connectivity index (χ1n) is 7.25. The van der Waals surface area contributed by atoms with Gasteiger partial charge in [-0.25, -0.2) is 9.78 Å². The molecule has 0 aliphatic rings. The van der Waals surface area contributed by atoms with Gasteiger partial charge in [-0.05, 0) is 29.8 Å². The van der Waals surface area contributed by atoms with Crippen LogP contribution in [0.3, 0.4) is 0 Å². The van der Waals surface area contributed by atoms with Crippen LogP contribution in [0.15, 0.2) is 41.5 Å². The van der Waals surface area contributed by atoms with E-state index in [-0.39, 0.29) is 17.1 Å². The molecule has 9 heteroatoms. The Balaban J connectivity index is 1.91. The van der Waals surface area contributed by atoms with E-state index in [1.165, 1.54) is 16.8 Å². The summed E-state index contributed by atoms with van der Waals surface area (Å²) < 4.78 is 40.2. The summed E-state index contributed by atoms with van der Waals surface area (Å²) in [5.41, 5.74) is 0.590. The van der Waals surface area contributed by atoms with Crippen molar-refractivity contribution in [3.05, 3.63) is 63.3 Å². The highest BCUT2D eigenvalue weighted by Gasteiger charge is 2.31. The Kier molecular flexibility index (Phi) is 3.40. The summed E-state index contributed by atoms with van der Waals surface area (Å²) in [5.74, 6) is 0. The highest BCUT2D eigenvalue weighted by atomic mass is 35.5. The topological polar surface area (TPSA) is 66.5 Å². The number of aromatic nitrogens is 4. The average Bonchev–Trinajstić information content (AvgIpc) is 3.12. The Morgan fingerprint density at radius 2 is 2.04 bits per heavy atom. The van der Waals surface area contributed by atoms with Gasteiger partial charge in [0.25, 0.3) is 0 Å². The van der Waals surface area contributed by atoms with Gasteiger partial charge in [-0.15, -0.1) is 0 Å². The van der Waals surface area contributed by atoms with E-state index in [4.69, 9.17) is 11.6 Å². The van der Waals surface area contributed by atoms with Gasteiger partial charge in [0.15, 0.2) is 0 Å². The fourth-order valence-corrected chi connectivity index (χ4v) is 3.03. The Hall–Kier alpha value is -2.74. The lowest BCUT2D eigenvalue weighted by molar-refractivity contribution is -0.137. The van der Waals surface area contributed by atoms with E-state index >= 15 is 0 Å². The number of benzene rings is 1. The molecule has 3 aromatic heterocycles. The molecule has 0 amide bonds. The molecule has 0 saturated heterocycles. The summed E-state index contributed by atoms with van der Waals surface area (Å²) in [4.78, 5) is 22.1. The lowest BCUT2D eigenvalue weighted by atomic mass is 10.1. The minimum absolute atomic E-state index is 0.0914. The number of nitrogens with one attached hydrogen (secondary N) is 2. The fraction of sp³-hybridized carbons (Fsp3) is 0.125. The zero-order valence-corrected chi connectivity index (χ0v) is 13.2. The molecule has 0 bridgehead atoms. The van der Waals surface area contributed by atoms with E-state index in [1.807, 2.05) is 0 Å². The third-order valence-electron chi connectivity index (χ3n) is 4.02. The number of pyridine rings is 1. The number of aromatic amines is 2. The maximum Gasteiger partial charge on any atom is 0.416 e. The van der Waals surface area contributed by atoms with Crippen LogP contribution in [0.5, 0.6) is 0 Å². The molecule has 0 aliphatic carbocycles. The molecule has 25 heavy (non-hydrogen) atoms. The van der Waals surface area contributed by atoms with Crippen molar-refractivity contribution >= 4 is 33.7 Å². The lowest BCUT2D eigenvalue weighted by Gasteiger charge is -2.11. The van der Waals surface area contributed by atoms with Crippen molar-refractivity contribution in [2.45, 2.75) is 12.7 Å². The van der Waals surface area contributed by atoms with Gasteiger partial charge in [0.2, 0.25) is 0 Å². The molecule has 3 heterocycles. The van der Waals surface area contributed by atoms with Crippen molar-refractivity contribution in [3.63, 3.8) is 0 Å². The molecule has 0 fully saturated rings. The highest BCUT2D eigenvalue weighted by molar-refractivity contribution is 6.31. The molecular weight excluding hydrogens is 357 g/mol. The normalized spacial score (nSPS) is 12.3. The van der Waals surface area contributed by atoms with Crippen molar-refractivity contribution in [3.8, 4) is 0 Å². The van der Waals surface area contributed by atoms with Gasteiger partial charge < -0.3 is 9.97 Å². The van der Waals surface area contributed by atoms with Crippen molar-refractivity contribution in [2.24, 2.45) is 0 Å². The number of hydrogen-bond acceptors (Lipinski definition) is 2.